The Morgan fingerprint density at radius 2 is 1.60 bits per heavy atom. The van der Waals surface area contributed by atoms with Gasteiger partial charge in [-0.25, -0.2) is 9.78 Å². The van der Waals surface area contributed by atoms with Gasteiger partial charge in [-0.05, 0) is 63.5 Å². The number of thiazole rings is 1. The minimum atomic E-state index is -0.859. The molecule has 0 spiro atoms. The van der Waals surface area contributed by atoms with Crippen LogP contribution in [-0.4, -0.2) is 94.3 Å². The van der Waals surface area contributed by atoms with Gasteiger partial charge in [0.1, 0.15) is 17.7 Å². The van der Waals surface area contributed by atoms with Crippen molar-refractivity contribution >= 4 is 41.1 Å². The van der Waals surface area contributed by atoms with Gasteiger partial charge in [0.25, 0.3) is 0 Å². The average Bonchev–Trinajstić information content (AvgIpc) is 3.74. The highest BCUT2D eigenvalue weighted by atomic mass is 32.1. The van der Waals surface area contributed by atoms with Gasteiger partial charge in [0.15, 0.2) is 0 Å². The number of aliphatic hydroxyl groups is 1. The number of carbonyl (C=O) groups excluding carboxylic acids is 5. The van der Waals surface area contributed by atoms with E-state index >= 15 is 0 Å². The van der Waals surface area contributed by atoms with Crippen molar-refractivity contribution in [2.24, 2.45) is 11.1 Å². The van der Waals surface area contributed by atoms with Crippen LogP contribution in [0.2, 0.25) is 0 Å². The van der Waals surface area contributed by atoms with Crippen molar-refractivity contribution in [2.75, 3.05) is 19.8 Å². The Morgan fingerprint density at radius 1 is 0.947 bits per heavy atom. The lowest BCUT2D eigenvalue weighted by Gasteiger charge is -2.35. The van der Waals surface area contributed by atoms with Crippen molar-refractivity contribution in [1.29, 1.82) is 0 Å². The lowest BCUT2D eigenvalue weighted by atomic mass is 9.85. The molecule has 1 saturated heterocycles. The van der Waals surface area contributed by atoms with Crippen molar-refractivity contribution in [2.45, 2.75) is 155 Å². The Morgan fingerprint density at radius 3 is 2.19 bits per heavy atom. The van der Waals surface area contributed by atoms with Crippen molar-refractivity contribution in [3.63, 3.8) is 0 Å². The first-order valence-electron chi connectivity index (χ1n) is 20.2. The minimum Gasteiger partial charge on any atom is -0.444 e. The summed E-state index contributed by atoms with van der Waals surface area (Å²) in [7, 11) is 0. The van der Waals surface area contributed by atoms with Crippen LogP contribution in [0.15, 0.2) is 29.8 Å². The summed E-state index contributed by atoms with van der Waals surface area (Å²) < 4.78 is 11.1. The van der Waals surface area contributed by atoms with Gasteiger partial charge >= 0.3 is 6.09 Å². The predicted molar refractivity (Wildman–Crippen MR) is 221 cm³/mol. The van der Waals surface area contributed by atoms with E-state index in [1.807, 2.05) is 57.5 Å². The molecule has 15 heteroatoms. The van der Waals surface area contributed by atoms with E-state index < -0.39 is 41.2 Å². The second kappa shape index (κ2) is 22.8. The molecule has 0 bridgehead atoms. The molecule has 1 aliphatic rings. The number of aromatic nitrogens is 1. The summed E-state index contributed by atoms with van der Waals surface area (Å²) in [6, 6.07) is 5.83. The monoisotopic (exact) mass is 814 g/mol. The number of nitrogens with zero attached hydrogens (tertiary/aromatic N) is 2. The summed E-state index contributed by atoms with van der Waals surface area (Å²) in [4.78, 5) is 70.6. The van der Waals surface area contributed by atoms with Crippen molar-refractivity contribution < 1.29 is 38.6 Å². The third-order valence-corrected chi connectivity index (χ3v) is 10.7. The van der Waals surface area contributed by atoms with E-state index in [2.05, 4.69) is 20.9 Å². The number of primary amides is 1. The van der Waals surface area contributed by atoms with E-state index in [0.717, 1.165) is 60.2 Å². The normalized spacial score (nSPS) is 16.8. The van der Waals surface area contributed by atoms with Gasteiger partial charge in [-0.3, -0.25) is 19.2 Å². The van der Waals surface area contributed by atoms with E-state index in [9.17, 15) is 29.1 Å². The molecule has 0 radical (unpaired) electrons. The molecule has 4 atom stereocenters. The number of hydrogen-bond acceptors (Lipinski definition) is 10. The molecule has 1 aliphatic heterocycles. The fourth-order valence-electron chi connectivity index (χ4n) is 6.60. The van der Waals surface area contributed by atoms with E-state index in [1.54, 1.807) is 32.1 Å². The summed E-state index contributed by atoms with van der Waals surface area (Å²) >= 11 is 1.58. The molecule has 2 heterocycles. The van der Waals surface area contributed by atoms with E-state index in [-0.39, 0.29) is 62.7 Å². The standard InChI is InChI=1S/C42H66N6O8S/c1-28-36(57-27-45-28)30-18-16-29(17-19-30)24-44-38(52)33-23-32(49)25-48(33)39(53)37(41(2,3)4)47-35(51)15-13-11-9-8-10-12-14-22-55-26-31(20-21-34(43)50)46-40(54)56-42(5,6)7/h16-19,27,31-33,37,49H,8-15,20-26H2,1-7H3,(H2,43,50)(H,44,52)(H,46,54)(H,47,51)/t31-,32+,33-,37+/m0/s1. The molecule has 318 valence electrons. The number of likely N-dealkylation sites (tertiary alicyclic amines) is 1. The maximum Gasteiger partial charge on any atom is 0.407 e. The van der Waals surface area contributed by atoms with Crippen LogP contribution >= 0.6 is 11.3 Å². The van der Waals surface area contributed by atoms with Crippen molar-refractivity contribution in [1.82, 2.24) is 25.8 Å². The van der Waals surface area contributed by atoms with Crippen LogP contribution < -0.4 is 21.7 Å². The highest BCUT2D eigenvalue weighted by Crippen LogP contribution is 2.28. The Labute approximate surface area is 342 Å². The number of benzene rings is 1. The van der Waals surface area contributed by atoms with Gasteiger partial charge in [0, 0.05) is 39.0 Å². The van der Waals surface area contributed by atoms with E-state index in [1.165, 1.54) is 4.90 Å². The van der Waals surface area contributed by atoms with Crippen LogP contribution in [0.4, 0.5) is 4.79 Å². The quantitative estimate of drug-likeness (QED) is 0.0949. The molecule has 5 amide bonds. The second-order valence-electron chi connectivity index (χ2n) is 17.1. The second-order valence-corrected chi connectivity index (χ2v) is 17.9. The molecular formula is C42H66N6O8S. The largest absolute Gasteiger partial charge is 0.444 e. The van der Waals surface area contributed by atoms with Gasteiger partial charge in [0.05, 0.1) is 34.8 Å². The molecule has 1 fully saturated rings. The molecule has 0 saturated carbocycles. The number of aryl methyl sites for hydroxylation is 1. The molecule has 0 unspecified atom stereocenters. The fraction of sp³-hybridized carbons (Fsp3) is 0.667. The minimum absolute atomic E-state index is 0.0250. The summed E-state index contributed by atoms with van der Waals surface area (Å²) in [5, 5.41) is 19.2. The number of nitrogens with one attached hydrogen (secondary N) is 3. The van der Waals surface area contributed by atoms with Crippen LogP contribution in [-0.2, 0) is 35.2 Å². The molecular weight excluding hydrogens is 749 g/mol. The van der Waals surface area contributed by atoms with Crippen LogP contribution in [0, 0.1) is 12.3 Å². The highest BCUT2D eigenvalue weighted by Gasteiger charge is 2.44. The molecule has 0 aliphatic carbocycles. The smallest absolute Gasteiger partial charge is 0.407 e. The summed E-state index contributed by atoms with van der Waals surface area (Å²) in [5.74, 6) is -1.37. The number of hydrogen-bond donors (Lipinski definition) is 5. The average molecular weight is 815 g/mol. The molecule has 1 aromatic carbocycles. The zero-order valence-electron chi connectivity index (χ0n) is 35.0. The van der Waals surface area contributed by atoms with E-state index in [4.69, 9.17) is 15.2 Å². The number of nitrogens with two attached hydrogens (primary N) is 1. The topological polar surface area (TPSA) is 202 Å². The third-order valence-electron chi connectivity index (χ3n) is 9.68. The SMILES string of the molecule is Cc1ncsc1-c1ccc(CNC(=O)[C@@H]2C[C@@H](O)CN2C(=O)[C@@H](NC(=O)CCCCCCCCCOC[C@H](CCC(N)=O)NC(=O)OC(C)(C)C)C(C)(C)C)cc1. The molecule has 2 aromatic rings. The van der Waals surface area contributed by atoms with Gasteiger partial charge in [-0.15, -0.1) is 11.3 Å². The maximum atomic E-state index is 13.9. The number of rotatable bonds is 22. The lowest BCUT2D eigenvalue weighted by molar-refractivity contribution is -0.144. The van der Waals surface area contributed by atoms with Crippen LogP contribution in [0.5, 0.6) is 0 Å². The fourth-order valence-corrected chi connectivity index (χ4v) is 7.41. The van der Waals surface area contributed by atoms with Crippen molar-refractivity contribution in [3.8, 4) is 10.4 Å². The lowest BCUT2D eigenvalue weighted by Crippen LogP contribution is -2.57. The molecule has 6 N–H and O–H groups in total. The number of amides is 5. The summed E-state index contributed by atoms with van der Waals surface area (Å²) in [6.45, 7) is 14.0. The third kappa shape index (κ3) is 17.1. The van der Waals surface area contributed by atoms with Crippen molar-refractivity contribution in [3.05, 3.63) is 41.0 Å². The van der Waals surface area contributed by atoms with Gasteiger partial charge in [0.2, 0.25) is 23.6 Å². The van der Waals surface area contributed by atoms with Crippen LogP contribution in [0.25, 0.3) is 10.4 Å². The maximum absolute atomic E-state index is 13.9. The molecule has 57 heavy (non-hydrogen) atoms. The Balaban J connectivity index is 1.36. The molecule has 14 nitrogen and oxygen atoms in total. The summed E-state index contributed by atoms with van der Waals surface area (Å²) in [6.07, 6.45) is 5.95. The Kier molecular flexibility index (Phi) is 18.9. The Hall–Kier alpha value is -4.08. The number of β-amino-alcohol motifs (C(OH)–C–C–N with tert-alkyl or cyclic N) is 1. The zero-order valence-corrected chi connectivity index (χ0v) is 35.8. The molecule has 1 aromatic heterocycles. The van der Waals surface area contributed by atoms with Gasteiger partial charge in [-0.2, -0.15) is 0 Å². The highest BCUT2D eigenvalue weighted by molar-refractivity contribution is 7.13. The number of unbranched alkanes of at least 4 members (excludes halogenated alkanes) is 6. The number of carbonyl (C=O) groups is 5. The van der Waals surface area contributed by atoms with E-state index in [0.29, 0.717) is 19.4 Å². The van der Waals surface area contributed by atoms with Crippen LogP contribution in [0.1, 0.15) is 123 Å². The number of alkyl carbamates (subject to hydrolysis) is 1. The Bertz CT molecular complexity index is 1600. The number of ether oxygens (including phenoxy) is 2. The first-order chi connectivity index (χ1) is 26.8. The summed E-state index contributed by atoms with van der Waals surface area (Å²) in [5.41, 5.74) is 8.78. The predicted octanol–water partition coefficient (Wildman–Crippen LogP) is 5.52. The first kappa shape index (κ1) is 47.3. The van der Waals surface area contributed by atoms with Gasteiger partial charge < -0.3 is 41.2 Å². The zero-order chi connectivity index (χ0) is 42.2. The first-order valence-corrected chi connectivity index (χ1v) is 21.1. The number of aliphatic hydroxyl groups excluding tert-OH is 1. The van der Waals surface area contributed by atoms with Gasteiger partial charge in [-0.1, -0.05) is 77.1 Å². The molecule has 3 rings (SSSR count). The van der Waals surface area contributed by atoms with Crippen LogP contribution in [0.3, 0.4) is 0 Å².